The summed E-state index contributed by atoms with van der Waals surface area (Å²) in [5, 5.41) is 0. The Morgan fingerprint density at radius 3 is 2.17 bits per heavy atom. The van der Waals surface area contributed by atoms with E-state index in [9.17, 15) is 21.6 Å². The van der Waals surface area contributed by atoms with Gasteiger partial charge in [0.1, 0.15) is 23.8 Å². The van der Waals surface area contributed by atoms with Crippen LogP contribution in [0.15, 0.2) is 57.8 Å². The van der Waals surface area contributed by atoms with Crippen molar-refractivity contribution in [2.24, 2.45) is 0 Å². The van der Waals surface area contributed by atoms with Crippen molar-refractivity contribution in [3.8, 4) is 17.2 Å². The normalized spacial score (nSPS) is 11.8. The smallest absolute Gasteiger partial charge is 0.416 e. The number of oxazole rings is 1. The summed E-state index contributed by atoms with van der Waals surface area (Å²) < 4.78 is 79.9. The predicted octanol–water partition coefficient (Wildman–Crippen LogP) is 1.50. The van der Waals surface area contributed by atoms with Crippen molar-refractivity contribution in [2.75, 3.05) is 0 Å². The summed E-state index contributed by atoms with van der Waals surface area (Å²) in [7, 11) is -4.29. The molecular formula is C18H14ClF3NO5S-. The molecule has 156 valence electrons. The van der Waals surface area contributed by atoms with E-state index < -0.39 is 21.9 Å². The standard InChI is InChI=1S/C18H14F3NO5S.ClH/c1-11-16(10-26-14-6-8-15(9-7-14)28(23,24)25)22-17(27-11)12-2-4-13(5-3-12)18(19,20)21;/h2-9H,10H2,1H3,(H,23,24,25);1H/p-1. The van der Waals surface area contributed by atoms with Crippen LogP contribution < -0.4 is 17.1 Å². The Balaban J connectivity index is 0.00000300. The van der Waals surface area contributed by atoms with E-state index >= 15 is 0 Å². The van der Waals surface area contributed by atoms with E-state index in [2.05, 4.69) is 4.98 Å². The van der Waals surface area contributed by atoms with Crippen molar-refractivity contribution in [3.05, 3.63) is 65.5 Å². The van der Waals surface area contributed by atoms with Gasteiger partial charge in [-0.3, -0.25) is 4.55 Å². The Morgan fingerprint density at radius 2 is 1.66 bits per heavy atom. The van der Waals surface area contributed by atoms with Gasteiger partial charge < -0.3 is 21.6 Å². The molecule has 0 aliphatic carbocycles. The monoisotopic (exact) mass is 448 g/mol. The largest absolute Gasteiger partial charge is 1.00 e. The number of ether oxygens (including phenoxy) is 1. The number of benzene rings is 2. The lowest BCUT2D eigenvalue weighted by Crippen LogP contribution is -3.00. The number of aryl methyl sites for hydroxylation is 1. The highest BCUT2D eigenvalue weighted by Crippen LogP contribution is 2.31. The molecule has 0 saturated heterocycles. The van der Waals surface area contributed by atoms with Crippen LogP contribution in [-0.2, 0) is 22.9 Å². The average Bonchev–Trinajstić information content (AvgIpc) is 3.00. The molecule has 1 heterocycles. The van der Waals surface area contributed by atoms with E-state index in [4.69, 9.17) is 13.7 Å². The van der Waals surface area contributed by atoms with Crippen LogP contribution in [0.1, 0.15) is 17.0 Å². The molecule has 0 radical (unpaired) electrons. The molecule has 11 heteroatoms. The number of aromatic nitrogens is 1. The van der Waals surface area contributed by atoms with Gasteiger partial charge in [-0.2, -0.15) is 21.6 Å². The zero-order valence-corrected chi connectivity index (χ0v) is 16.3. The van der Waals surface area contributed by atoms with E-state index in [1.54, 1.807) is 6.92 Å². The van der Waals surface area contributed by atoms with E-state index in [1.165, 1.54) is 36.4 Å². The topological polar surface area (TPSA) is 89.6 Å². The van der Waals surface area contributed by atoms with Gasteiger partial charge in [0.2, 0.25) is 5.89 Å². The Morgan fingerprint density at radius 1 is 1.07 bits per heavy atom. The lowest BCUT2D eigenvalue weighted by Gasteiger charge is -2.06. The van der Waals surface area contributed by atoms with Crippen molar-refractivity contribution < 1.29 is 47.7 Å². The van der Waals surface area contributed by atoms with Gasteiger partial charge >= 0.3 is 6.18 Å². The quantitative estimate of drug-likeness (QED) is 0.595. The Bertz CT molecular complexity index is 1080. The van der Waals surface area contributed by atoms with Crippen molar-refractivity contribution in [2.45, 2.75) is 24.6 Å². The van der Waals surface area contributed by atoms with Crippen LogP contribution in [0.5, 0.6) is 5.75 Å². The van der Waals surface area contributed by atoms with Crippen molar-refractivity contribution in [1.29, 1.82) is 0 Å². The molecule has 0 unspecified atom stereocenters. The maximum atomic E-state index is 12.6. The second-order valence-electron chi connectivity index (χ2n) is 5.83. The molecule has 1 aromatic heterocycles. The molecule has 2 aromatic carbocycles. The van der Waals surface area contributed by atoms with E-state index in [0.29, 0.717) is 22.8 Å². The summed E-state index contributed by atoms with van der Waals surface area (Å²) in [4.78, 5) is 3.97. The molecule has 0 bridgehead atoms. The number of hydrogen-bond donors (Lipinski definition) is 1. The van der Waals surface area contributed by atoms with Gasteiger partial charge in [-0.15, -0.1) is 0 Å². The number of halogens is 4. The van der Waals surface area contributed by atoms with E-state index in [-0.39, 0.29) is 29.8 Å². The van der Waals surface area contributed by atoms with Gasteiger partial charge in [0.05, 0.1) is 10.5 Å². The van der Waals surface area contributed by atoms with Crippen molar-refractivity contribution >= 4 is 10.1 Å². The third-order valence-electron chi connectivity index (χ3n) is 3.85. The predicted molar refractivity (Wildman–Crippen MR) is 92.3 cm³/mol. The molecule has 0 aliphatic heterocycles. The molecule has 3 rings (SSSR count). The lowest BCUT2D eigenvalue weighted by atomic mass is 10.1. The summed E-state index contributed by atoms with van der Waals surface area (Å²) >= 11 is 0. The van der Waals surface area contributed by atoms with Gasteiger partial charge in [-0.05, 0) is 55.5 Å². The Kier molecular flexibility index (Phi) is 6.61. The highest BCUT2D eigenvalue weighted by Gasteiger charge is 2.30. The van der Waals surface area contributed by atoms with Crippen LogP contribution in [0.2, 0.25) is 0 Å². The first kappa shape index (κ1) is 22.7. The highest BCUT2D eigenvalue weighted by atomic mass is 35.5. The third kappa shape index (κ3) is 5.49. The zero-order chi connectivity index (χ0) is 20.5. The molecule has 0 aliphatic rings. The third-order valence-corrected chi connectivity index (χ3v) is 4.72. The van der Waals surface area contributed by atoms with Crippen LogP contribution in [0.4, 0.5) is 13.2 Å². The first-order valence-electron chi connectivity index (χ1n) is 7.88. The summed E-state index contributed by atoms with van der Waals surface area (Å²) in [6, 6.07) is 9.55. The first-order valence-corrected chi connectivity index (χ1v) is 9.32. The minimum Gasteiger partial charge on any atom is -1.00 e. The zero-order valence-electron chi connectivity index (χ0n) is 14.8. The van der Waals surface area contributed by atoms with Crippen LogP contribution >= 0.6 is 0 Å². The molecule has 1 N–H and O–H groups in total. The Labute approximate surface area is 170 Å². The lowest BCUT2D eigenvalue weighted by molar-refractivity contribution is -0.137. The minimum absolute atomic E-state index is 0. The summed E-state index contributed by atoms with van der Waals surface area (Å²) in [6.07, 6.45) is -4.42. The van der Waals surface area contributed by atoms with Crippen LogP contribution in [0, 0.1) is 6.92 Å². The first-order chi connectivity index (χ1) is 13.0. The summed E-state index contributed by atoms with van der Waals surface area (Å²) in [6.45, 7) is 1.64. The van der Waals surface area contributed by atoms with Gasteiger partial charge in [0, 0.05) is 5.56 Å². The summed E-state index contributed by atoms with van der Waals surface area (Å²) in [5.74, 6) is 0.932. The number of nitrogens with zero attached hydrogens (tertiary/aromatic N) is 1. The molecular weight excluding hydrogens is 435 g/mol. The molecule has 6 nitrogen and oxygen atoms in total. The number of alkyl halides is 3. The average molecular weight is 449 g/mol. The van der Waals surface area contributed by atoms with Gasteiger partial charge in [-0.25, -0.2) is 4.98 Å². The maximum absolute atomic E-state index is 12.6. The van der Waals surface area contributed by atoms with Gasteiger partial charge in [0.15, 0.2) is 0 Å². The highest BCUT2D eigenvalue weighted by molar-refractivity contribution is 7.85. The fourth-order valence-corrected chi connectivity index (χ4v) is 2.83. The van der Waals surface area contributed by atoms with Crippen molar-refractivity contribution in [3.63, 3.8) is 0 Å². The SMILES string of the molecule is Cc1oc(-c2ccc(C(F)(F)F)cc2)nc1COc1ccc(S(=O)(=O)O)cc1.[Cl-]. The molecule has 0 amide bonds. The maximum Gasteiger partial charge on any atom is 0.416 e. The Hall–Kier alpha value is -2.56. The molecule has 0 fully saturated rings. The molecule has 0 saturated carbocycles. The second kappa shape index (κ2) is 8.44. The van der Waals surface area contributed by atoms with Gasteiger partial charge in [-0.1, -0.05) is 0 Å². The molecule has 0 atom stereocenters. The van der Waals surface area contributed by atoms with E-state index in [0.717, 1.165) is 12.1 Å². The summed E-state index contributed by atoms with van der Waals surface area (Å²) in [5.41, 5.74) is 0.0602. The fourth-order valence-electron chi connectivity index (χ4n) is 2.35. The second-order valence-corrected chi connectivity index (χ2v) is 7.25. The molecule has 29 heavy (non-hydrogen) atoms. The van der Waals surface area contributed by atoms with Gasteiger partial charge in [0.25, 0.3) is 10.1 Å². The minimum atomic E-state index is -4.42. The van der Waals surface area contributed by atoms with E-state index in [1.807, 2.05) is 0 Å². The number of hydrogen-bond acceptors (Lipinski definition) is 5. The van der Waals surface area contributed by atoms with Crippen LogP contribution in [0.25, 0.3) is 11.5 Å². The molecule has 0 spiro atoms. The van der Waals surface area contributed by atoms with Crippen LogP contribution in [-0.4, -0.2) is 18.0 Å². The fraction of sp³-hybridized carbons (Fsp3) is 0.167. The number of rotatable bonds is 5. The molecule has 3 aromatic rings. The van der Waals surface area contributed by atoms with Crippen LogP contribution in [0.3, 0.4) is 0 Å². The van der Waals surface area contributed by atoms with Crippen molar-refractivity contribution in [1.82, 2.24) is 4.98 Å².